The van der Waals surface area contributed by atoms with Crippen molar-refractivity contribution in [2.24, 2.45) is 0 Å². The number of para-hydroxylation sites is 1. The maximum atomic E-state index is 12.6. The van der Waals surface area contributed by atoms with Crippen LogP contribution in [0.25, 0.3) is 0 Å². The summed E-state index contributed by atoms with van der Waals surface area (Å²) >= 11 is 0. The fourth-order valence-electron chi connectivity index (χ4n) is 2.98. The van der Waals surface area contributed by atoms with Crippen molar-refractivity contribution in [1.29, 1.82) is 0 Å². The normalized spacial score (nSPS) is 15.7. The van der Waals surface area contributed by atoms with Crippen molar-refractivity contribution in [2.45, 2.75) is 26.7 Å². The van der Waals surface area contributed by atoms with Gasteiger partial charge in [0, 0.05) is 45.5 Å². The summed E-state index contributed by atoms with van der Waals surface area (Å²) in [5, 5.41) is 3.15. The molecule has 1 aliphatic rings. The number of urea groups is 1. The summed E-state index contributed by atoms with van der Waals surface area (Å²) in [6.45, 7) is 9.29. The number of hydrogen-bond acceptors (Lipinski definition) is 3. The molecule has 1 N–H and O–H groups in total. The van der Waals surface area contributed by atoms with Crippen LogP contribution in [0.4, 0.5) is 10.5 Å². The summed E-state index contributed by atoms with van der Waals surface area (Å²) in [6, 6.07) is 6.28. The van der Waals surface area contributed by atoms with Crippen molar-refractivity contribution in [1.82, 2.24) is 9.80 Å². The Morgan fingerprint density at radius 3 is 2.26 bits per heavy atom. The topological polar surface area (TPSA) is 44.8 Å². The Morgan fingerprint density at radius 2 is 1.74 bits per heavy atom. The lowest BCUT2D eigenvalue weighted by atomic mass is 10.0. The summed E-state index contributed by atoms with van der Waals surface area (Å²) in [5.74, 6) is 0. The predicted molar refractivity (Wildman–Crippen MR) is 94.1 cm³/mol. The Kier molecular flexibility index (Phi) is 6.86. The van der Waals surface area contributed by atoms with Crippen molar-refractivity contribution in [3.05, 3.63) is 29.3 Å². The first kappa shape index (κ1) is 17.8. The molecule has 5 heteroatoms. The van der Waals surface area contributed by atoms with Crippen molar-refractivity contribution >= 4 is 11.7 Å². The minimum absolute atomic E-state index is 0.0204. The highest BCUT2D eigenvalue weighted by Gasteiger charge is 2.21. The first-order valence-corrected chi connectivity index (χ1v) is 8.57. The van der Waals surface area contributed by atoms with Crippen molar-refractivity contribution in [2.75, 3.05) is 51.8 Å². The van der Waals surface area contributed by atoms with Gasteiger partial charge in [0.15, 0.2) is 0 Å². The molecule has 128 valence electrons. The molecule has 0 aromatic heterocycles. The number of hydrogen-bond donors (Lipinski definition) is 1. The molecule has 1 fully saturated rings. The molecule has 23 heavy (non-hydrogen) atoms. The number of methoxy groups -OCH3 is 1. The molecular formula is C18H29N3O2. The molecule has 0 atom stereocenters. The second-order valence-corrected chi connectivity index (χ2v) is 5.91. The molecule has 0 radical (unpaired) electrons. The lowest BCUT2D eigenvalue weighted by Gasteiger charge is -2.34. The van der Waals surface area contributed by atoms with Crippen LogP contribution in [0.1, 0.15) is 25.0 Å². The minimum atomic E-state index is 0.0204. The van der Waals surface area contributed by atoms with Crippen molar-refractivity contribution < 1.29 is 9.53 Å². The van der Waals surface area contributed by atoms with Crippen molar-refractivity contribution in [3.63, 3.8) is 0 Å². The molecule has 0 bridgehead atoms. The van der Waals surface area contributed by atoms with E-state index in [-0.39, 0.29) is 6.03 Å². The zero-order valence-electron chi connectivity index (χ0n) is 14.6. The smallest absolute Gasteiger partial charge is 0.321 e. The maximum Gasteiger partial charge on any atom is 0.321 e. The van der Waals surface area contributed by atoms with E-state index in [9.17, 15) is 4.79 Å². The number of benzene rings is 1. The van der Waals surface area contributed by atoms with Crippen LogP contribution in [0, 0.1) is 0 Å². The zero-order valence-corrected chi connectivity index (χ0v) is 14.6. The van der Waals surface area contributed by atoms with E-state index in [1.165, 1.54) is 11.1 Å². The molecule has 0 spiro atoms. The van der Waals surface area contributed by atoms with Gasteiger partial charge in [-0.3, -0.25) is 4.90 Å². The second-order valence-electron chi connectivity index (χ2n) is 5.91. The number of carbonyl (C=O) groups excluding carboxylic acids is 1. The highest BCUT2D eigenvalue weighted by Crippen LogP contribution is 2.23. The SMILES string of the molecule is CCc1cccc(CC)c1NC(=O)N1CCN(CCOC)CC1. The standard InChI is InChI=1S/C18H29N3O2/c1-4-15-7-6-8-16(5-2)17(15)19-18(22)21-11-9-20(10-12-21)13-14-23-3/h6-8H,4-5,9-14H2,1-3H3,(H,19,22). The molecule has 0 saturated carbocycles. The van der Waals surface area contributed by atoms with Gasteiger partial charge in [0.2, 0.25) is 0 Å². The van der Waals surface area contributed by atoms with Crippen LogP contribution in [0.2, 0.25) is 0 Å². The molecule has 0 unspecified atom stereocenters. The number of rotatable bonds is 6. The molecule has 1 aromatic rings. The van der Waals surface area contributed by atoms with Gasteiger partial charge in [-0.25, -0.2) is 4.79 Å². The molecular weight excluding hydrogens is 290 g/mol. The monoisotopic (exact) mass is 319 g/mol. The largest absolute Gasteiger partial charge is 0.383 e. The van der Waals surface area contributed by atoms with Gasteiger partial charge in [-0.05, 0) is 24.0 Å². The van der Waals surface area contributed by atoms with Gasteiger partial charge in [-0.1, -0.05) is 32.0 Å². The van der Waals surface area contributed by atoms with Crippen molar-refractivity contribution in [3.8, 4) is 0 Å². The van der Waals surface area contributed by atoms with E-state index < -0.39 is 0 Å². The second kappa shape index (κ2) is 8.89. The summed E-state index contributed by atoms with van der Waals surface area (Å²) in [6.07, 6.45) is 1.85. The number of ether oxygens (including phenoxy) is 1. The molecule has 0 aliphatic carbocycles. The van der Waals surface area contributed by atoms with Gasteiger partial charge in [0.25, 0.3) is 0 Å². The Labute approximate surface area is 139 Å². The lowest BCUT2D eigenvalue weighted by molar-refractivity contribution is 0.109. The fraction of sp³-hybridized carbons (Fsp3) is 0.611. The van der Waals surface area contributed by atoms with Gasteiger partial charge in [0.05, 0.1) is 6.61 Å². The van der Waals surface area contributed by atoms with E-state index in [1.807, 2.05) is 4.90 Å². The van der Waals surface area contributed by atoms with E-state index in [1.54, 1.807) is 7.11 Å². The molecule has 1 saturated heterocycles. The van der Waals surface area contributed by atoms with E-state index >= 15 is 0 Å². The number of aryl methyl sites for hydroxylation is 2. The Bertz CT molecular complexity index is 489. The molecule has 5 nitrogen and oxygen atoms in total. The quantitative estimate of drug-likeness (QED) is 0.876. The Morgan fingerprint density at radius 1 is 1.13 bits per heavy atom. The van der Waals surface area contributed by atoms with Gasteiger partial charge in [0.1, 0.15) is 0 Å². The van der Waals surface area contributed by atoms with E-state index in [0.717, 1.165) is 57.9 Å². The van der Waals surface area contributed by atoms with Crippen LogP contribution >= 0.6 is 0 Å². The van der Waals surface area contributed by atoms with Crippen LogP contribution in [0.5, 0.6) is 0 Å². The third-order valence-electron chi connectivity index (χ3n) is 4.50. The molecule has 1 heterocycles. The Balaban J connectivity index is 1.95. The van der Waals surface area contributed by atoms with E-state index in [4.69, 9.17) is 4.74 Å². The highest BCUT2D eigenvalue weighted by molar-refractivity contribution is 5.91. The van der Waals surface area contributed by atoms with Crippen LogP contribution in [-0.2, 0) is 17.6 Å². The van der Waals surface area contributed by atoms with Gasteiger partial charge in [-0.15, -0.1) is 0 Å². The van der Waals surface area contributed by atoms with Gasteiger partial charge < -0.3 is 15.0 Å². The molecule has 2 rings (SSSR count). The lowest BCUT2D eigenvalue weighted by Crippen LogP contribution is -2.50. The molecule has 1 aromatic carbocycles. The number of amides is 2. The molecule has 2 amide bonds. The first-order chi connectivity index (χ1) is 11.2. The maximum absolute atomic E-state index is 12.6. The summed E-state index contributed by atoms with van der Waals surface area (Å²) < 4.78 is 5.11. The van der Waals surface area contributed by atoms with Gasteiger partial charge in [-0.2, -0.15) is 0 Å². The predicted octanol–water partition coefficient (Wildman–Crippen LogP) is 2.61. The first-order valence-electron chi connectivity index (χ1n) is 8.57. The molecule has 1 aliphatic heterocycles. The summed E-state index contributed by atoms with van der Waals surface area (Å²) in [7, 11) is 1.72. The highest BCUT2D eigenvalue weighted by atomic mass is 16.5. The van der Waals surface area contributed by atoms with E-state index in [2.05, 4.69) is 42.3 Å². The third kappa shape index (κ3) is 4.69. The minimum Gasteiger partial charge on any atom is -0.383 e. The summed E-state index contributed by atoms with van der Waals surface area (Å²) in [4.78, 5) is 16.8. The number of piperazine rings is 1. The third-order valence-corrected chi connectivity index (χ3v) is 4.50. The average molecular weight is 319 g/mol. The average Bonchev–Trinajstić information content (AvgIpc) is 2.60. The summed E-state index contributed by atoms with van der Waals surface area (Å²) in [5.41, 5.74) is 3.41. The van der Waals surface area contributed by atoms with Crippen LogP contribution in [0.3, 0.4) is 0 Å². The fourth-order valence-corrected chi connectivity index (χ4v) is 2.98. The number of nitrogens with one attached hydrogen (secondary N) is 1. The Hall–Kier alpha value is -1.59. The van der Waals surface area contributed by atoms with E-state index in [0.29, 0.717) is 0 Å². The van der Waals surface area contributed by atoms with Crippen LogP contribution in [-0.4, -0.2) is 62.3 Å². The number of nitrogens with zero attached hydrogens (tertiary/aromatic N) is 2. The van der Waals surface area contributed by atoms with Crippen LogP contribution < -0.4 is 5.32 Å². The number of carbonyl (C=O) groups is 1. The van der Waals surface area contributed by atoms with Crippen LogP contribution in [0.15, 0.2) is 18.2 Å². The zero-order chi connectivity index (χ0) is 16.7. The van der Waals surface area contributed by atoms with Gasteiger partial charge >= 0.3 is 6.03 Å². The number of anilines is 1.